The zero-order valence-corrected chi connectivity index (χ0v) is 25.3. The van der Waals surface area contributed by atoms with Gasteiger partial charge >= 0.3 is 0 Å². The Balaban J connectivity index is 1.67. The lowest BCUT2D eigenvalue weighted by Gasteiger charge is -2.33. The van der Waals surface area contributed by atoms with E-state index in [1.807, 2.05) is 31.2 Å². The van der Waals surface area contributed by atoms with Crippen molar-refractivity contribution in [1.82, 2.24) is 10.2 Å². The van der Waals surface area contributed by atoms with Crippen molar-refractivity contribution in [2.75, 3.05) is 10.8 Å². The highest BCUT2D eigenvalue weighted by atomic mass is 79.9. The average molecular weight is 627 g/mol. The van der Waals surface area contributed by atoms with Crippen LogP contribution in [-0.2, 0) is 26.2 Å². The fraction of sp³-hybridized carbons (Fsp3) is 0.355. The number of aryl methyl sites for hydroxylation is 1. The zero-order valence-electron chi connectivity index (χ0n) is 22.9. The van der Waals surface area contributed by atoms with Gasteiger partial charge in [-0.05, 0) is 68.1 Å². The van der Waals surface area contributed by atoms with Gasteiger partial charge in [0.25, 0.3) is 10.0 Å². The Bertz CT molecular complexity index is 1430. The molecule has 0 saturated heterocycles. The first-order valence-corrected chi connectivity index (χ1v) is 15.9. The van der Waals surface area contributed by atoms with Gasteiger partial charge in [0.15, 0.2) is 0 Å². The molecule has 4 rings (SSSR count). The molecule has 0 bridgehead atoms. The molecule has 0 radical (unpaired) electrons. The molecule has 7 nitrogen and oxygen atoms in total. The molecule has 1 N–H and O–H groups in total. The summed E-state index contributed by atoms with van der Waals surface area (Å²) in [5, 5.41) is 3.13. The molecule has 1 aliphatic rings. The van der Waals surface area contributed by atoms with Crippen LogP contribution in [0.1, 0.15) is 50.2 Å². The van der Waals surface area contributed by atoms with Gasteiger partial charge in [-0.1, -0.05) is 83.7 Å². The van der Waals surface area contributed by atoms with E-state index < -0.39 is 28.5 Å². The molecule has 212 valence electrons. The molecular formula is C31H36BrN3O4S. The van der Waals surface area contributed by atoms with Gasteiger partial charge in [0.05, 0.1) is 10.6 Å². The van der Waals surface area contributed by atoms with Gasteiger partial charge in [0.1, 0.15) is 12.6 Å². The quantitative estimate of drug-likeness (QED) is 0.308. The number of nitrogens with zero attached hydrogens (tertiary/aromatic N) is 2. The Labute approximate surface area is 245 Å². The zero-order chi connectivity index (χ0) is 28.7. The van der Waals surface area contributed by atoms with E-state index >= 15 is 0 Å². The molecule has 1 aliphatic carbocycles. The summed E-state index contributed by atoms with van der Waals surface area (Å²) in [5.74, 6) is -0.692. The van der Waals surface area contributed by atoms with Crippen molar-refractivity contribution in [3.63, 3.8) is 0 Å². The molecule has 9 heteroatoms. The number of nitrogens with one attached hydrogen (secondary N) is 1. The maximum Gasteiger partial charge on any atom is 0.264 e. The number of hydrogen-bond acceptors (Lipinski definition) is 4. The Hall–Kier alpha value is -3.17. The molecule has 3 aromatic carbocycles. The highest BCUT2D eigenvalue weighted by Crippen LogP contribution is 2.27. The molecule has 0 aromatic heterocycles. The number of carbonyl (C=O) groups excluding carboxylic acids is 2. The lowest BCUT2D eigenvalue weighted by atomic mass is 9.95. The van der Waals surface area contributed by atoms with Gasteiger partial charge in [-0.15, -0.1) is 0 Å². The number of benzene rings is 3. The second-order valence-electron chi connectivity index (χ2n) is 10.3. The van der Waals surface area contributed by atoms with E-state index in [0.717, 1.165) is 41.1 Å². The molecule has 1 atom stereocenters. The topological polar surface area (TPSA) is 86.8 Å². The Morgan fingerprint density at radius 1 is 0.950 bits per heavy atom. The van der Waals surface area contributed by atoms with Crippen molar-refractivity contribution in [3.05, 3.63) is 94.5 Å². The van der Waals surface area contributed by atoms with Crippen LogP contribution in [0.2, 0.25) is 0 Å². The van der Waals surface area contributed by atoms with E-state index in [0.29, 0.717) is 10.2 Å². The summed E-state index contributed by atoms with van der Waals surface area (Å²) in [7, 11) is -4.08. The van der Waals surface area contributed by atoms with E-state index in [2.05, 4.69) is 21.2 Å². The van der Waals surface area contributed by atoms with Crippen LogP contribution in [0.5, 0.6) is 0 Å². The SMILES string of the molecule is Cc1ccccc1CN(C(=O)CN(c1cccc(Br)c1)S(=O)(=O)c1ccccc1)C(C)C(=O)NC1CCCCC1. The summed E-state index contributed by atoms with van der Waals surface area (Å²) in [4.78, 5) is 29.1. The van der Waals surface area contributed by atoms with E-state index in [1.165, 1.54) is 23.5 Å². The first-order chi connectivity index (χ1) is 19.2. The number of amides is 2. The van der Waals surface area contributed by atoms with Gasteiger partial charge in [-0.25, -0.2) is 8.42 Å². The number of carbonyl (C=O) groups is 2. The first kappa shape index (κ1) is 29.8. The second kappa shape index (κ2) is 13.5. The monoisotopic (exact) mass is 625 g/mol. The molecule has 40 heavy (non-hydrogen) atoms. The molecule has 0 heterocycles. The number of anilines is 1. The maximum atomic E-state index is 14.1. The van der Waals surface area contributed by atoms with Crippen LogP contribution >= 0.6 is 15.9 Å². The predicted molar refractivity (Wildman–Crippen MR) is 161 cm³/mol. The number of halogens is 1. The third-order valence-electron chi connectivity index (χ3n) is 7.43. The van der Waals surface area contributed by atoms with E-state index in [-0.39, 0.29) is 23.4 Å². The van der Waals surface area contributed by atoms with Crippen molar-refractivity contribution >= 4 is 43.5 Å². The van der Waals surface area contributed by atoms with Crippen molar-refractivity contribution in [2.45, 2.75) is 69.5 Å². The highest BCUT2D eigenvalue weighted by molar-refractivity contribution is 9.10. The Morgan fingerprint density at radius 2 is 1.62 bits per heavy atom. The summed E-state index contributed by atoms with van der Waals surface area (Å²) in [5.41, 5.74) is 2.23. The molecule has 0 aliphatic heterocycles. The molecule has 0 spiro atoms. The molecule has 2 amide bonds. The Morgan fingerprint density at radius 3 is 2.30 bits per heavy atom. The van der Waals surface area contributed by atoms with Crippen molar-refractivity contribution in [1.29, 1.82) is 0 Å². The third-order valence-corrected chi connectivity index (χ3v) is 9.71. The summed E-state index contributed by atoms with van der Waals surface area (Å²) >= 11 is 3.42. The van der Waals surface area contributed by atoms with E-state index in [1.54, 1.807) is 49.4 Å². The van der Waals surface area contributed by atoms with Crippen LogP contribution in [0.4, 0.5) is 5.69 Å². The molecule has 1 fully saturated rings. The van der Waals surface area contributed by atoms with Crippen molar-refractivity contribution in [3.8, 4) is 0 Å². The number of rotatable bonds is 10. The largest absolute Gasteiger partial charge is 0.352 e. The van der Waals surface area contributed by atoms with Crippen molar-refractivity contribution in [2.24, 2.45) is 0 Å². The standard InChI is InChI=1S/C31H36BrN3O4S/c1-23-12-9-10-13-25(23)21-34(24(2)31(37)33-27-15-5-3-6-16-27)30(36)22-35(28-17-11-14-26(32)20-28)40(38,39)29-18-7-4-8-19-29/h4,7-14,17-20,24,27H,3,5-6,15-16,21-22H2,1-2H3,(H,33,37). The van der Waals surface area contributed by atoms with Gasteiger partial charge in [0.2, 0.25) is 11.8 Å². The fourth-order valence-electron chi connectivity index (χ4n) is 5.00. The molecule has 3 aromatic rings. The van der Waals surface area contributed by atoms with Gasteiger partial charge in [0, 0.05) is 17.1 Å². The molecular weight excluding hydrogens is 590 g/mol. The van der Waals surface area contributed by atoms with E-state index in [4.69, 9.17) is 0 Å². The van der Waals surface area contributed by atoms with E-state index in [9.17, 15) is 18.0 Å². The lowest BCUT2D eigenvalue weighted by Crippen LogP contribution is -2.53. The van der Waals surface area contributed by atoms with Crippen LogP contribution in [0.15, 0.2) is 88.2 Å². The van der Waals surface area contributed by atoms with Gasteiger partial charge in [-0.2, -0.15) is 0 Å². The predicted octanol–water partition coefficient (Wildman–Crippen LogP) is 5.82. The lowest BCUT2D eigenvalue weighted by molar-refractivity contribution is -0.139. The van der Waals surface area contributed by atoms with Gasteiger partial charge in [-0.3, -0.25) is 13.9 Å². The Kier molecular flexibility index (Phi) is 10.0. The fourth-order valence-corrected chi connectivity index (χ4v) is 6.82. The first-order valence-electron chi connectivity index (χ1n) is 13.6. The average Bonchev–Trinajstić information content (AvgIpc) is 2.96. The van der Waals surface area contributed by atoms with Gasteiger partial charge < -0.3 is 10.2 Å². The minimum absolute atomic E-state index is 0.0799. The summed E-state index contributed by atoms with van der Waals surface area (Å²) in [6.45, 7) is 3.39. The van der Waals surface area contributed by atoms with Crippen molar-refractivity contribution < 1.29 is 18.0 Å². The van der Waals surface area contributed by atoms with Crippen LogP contribution in [0.3, 0.4) is 0 Å². The molecule has 1 saturated carbocycles. The highest BCUT2D eigenvalue weighted by Gasteiger charge is 2.33. The van der Waals surface area contributed by atoms with Crippen LogP contribution in [-0.4, -0.2) is 43.8 Å². The summed E-state index contributed by atoms with van der Waals surface area (Å²) < 4.78 is 29.5. The van der Waals surface area contributed by atoms with Crippen LogP contribution in [0.25, 0.3) is 0 Å². The third kappa shape index (κ3) is 7.31. The minimum Gasteiger partial charge on any atom is -0.352 e. The summed E-state index contributed by atoms with van der Waals surface area (Å²) in [6.07, 6.45) is 5.17. The van der Waals surface area contributed by atoms with Crippen LogP contribution < -0.4 is 9.62 Å². The number of sulfonamides is 1. The second-order valence-corrected chi connectivity index (χ2v) is 13.1. The number of hydrogen-bond donors (Lipinski definition) is 1. The van der Waals surface area contributed by atoms with Crippen LogP contribution in [0, 0.1) is 6.92 Å². The smallest absolute Gasteiger partial charge is 0.264 e. The normalized spacial score (nSPS) is 14.8. The minimum atomic E-state index is -4.08. The molecule has 1 unspecified atom stereocenters. The maximum absolute atomic E-state index is 14.1. The summed E-state index contributed by atoms with van der Waals surface area (Å²) in [6, 6.07) is 21.9.